The monoisotopic (exact) mass is 152 g/mol. The number of nitrogens with one attached hydrogen (secondary N) is 1. The van der Waals surface area contributed by atoms with E-state index >= 15 is 0 Å². The van der Waals surface area contributed by atoms with Gasteiger partial charge in [0.05, 0.1) is 0 Å². The van der Waals surface area contributed by atoms with E-state index < -0.39 is 0 Å². The van der Waals surface area contributed by atoms with Crippen LogP contribution in [-0.4, -0.2) is 37.6 Å². The summed E-state index contributed by atoms with van der Waals surface area (Å²) in [6, 6.07) is 0. The van der Waals surface area contributed by atoms with Gasteiger partial charge in [-0.3, -0.25) is 4.90 Å². The van der Waals surface area contributed by atoms with Crippen LogP contribution in [0.25, 0.3) is 0 Å². The van der Waals surface area contributed by atoms with Crippen molar-refractivity contribution in [1.82, 2.24) is 10.2 Å². The van der Waals surface area contributed by atoms with E-state index in [2.05, 4.69) is 16.3 Å². The quantitative estimate of drug-likeness (QED) is 0.583. The van der Waals surface area contributed by atoms with Gasteiger partial charge in [0.2, 0.25) is 0 Å². The molecule has 2 saturated heterocycles. The predicted molar refractivity (Wildman–Crippen MR) is 46.6 cm³/mol. The molecule has 62 valence electrons. The largest absolute Gasteiger partial charge is 0.309 e. The Hall–Kier alpha value is -0.340. The van der Waals surface area contributed by atoms with Crippen molar-refractivity contribution in [2.24, 2.45) is 0 Å². The molecule has 0 aromatic rings. The van der Waals surface area contributed by atoms with Crippen LogP contribution in [0.4, 0.5) is 0 Å². The van der Waals surface area contributed by atoms with E-state index in [0.717, 1.165) is 13.1 Å². The number of rotatable bonds is 2. The van der Waals surface area contributed by atoms with E-state index in [1.54, 1.807) is 5.57 Å². The molecule has 0 aromatic heterocycles. The maximum absolute atomic E-state index is 3.25. The van der Waals surface area contributed by atoms with E-state index in [1.807, 2.05) is 0 Å². The van der Waals surface area contributed by atoms with Crippen molar-refractivity contribution in [2.75, 3.05) is 32.7 Å². The third kappa shape index (κ3) is 1.82. The Labute approximate surface area is 68.3 Å². The molecule has 0 saturated carbocycles. The van der Waals surface area contributed by atoms with Gasteiger partial charge in [0.1, 0.15) is 0 Å². The highest BCUT2D eigenvalue weighted by molar-refractivity contribution is 5.14. The molecule has 0 aliphatic carbocycles. The Kier molecular flexibility index (Phi) is 2.24. The van der Waals surface area contributed by atoms with Crippen LogP contribution >= 0.6 is 0 Å². The highest BCUT2D eigenvalue weighted by Gasteiger charge is 2.11. The molecule has 1 N–H and O–H groups in total. The molecule has 0 aromatic carbocycles. The lowest BCUT2D eigenvalue weighted by Crippen LogP contribution is -2.34. The zero-order chi connectivity index (χ0) is 7.52. The second-order valence-corrected chi connectivity index (χ2v) is 3.47. The molecule has 2 nitrogen and oxygen atoms in total. The lowest BCUT2D eigenvalue weighted by Gasteiger charge is -2.20. The first kappa shape index (κ1) is 7.32. The Morgan fingerprint density at radius 1 is 1.27 bits per heavy atom. The molecule has 2 heterocycles. The van der Waals surface area contributed by atoms with Gasteiger partial charge in [0, 0.05) is 19.6 Å². The minimum Gasteiger partial charge on any atom is -0.309 e. The summed E-state index contributed by atoms with van der Waals surface area (Å²) in [6.07, 6.45) is 5.20. The molecule has 0 radical (unpaired) electrons. The van der Waals surface area contributed by atoms with Gasteiger partial charge >= 0.3 is 0 Å². The molecule has 0 bridgehead atoms. The lowest BCUT2D eigenvalue weighted by atomic mass is 10.1. The average molecular weight is 152 g/mol. The average Bonchev–Trinajstić information content (AvgIpc) is 2.36. The summed E-state index contributed by atoms with van der Waals surface area (Å²) in [5.74, 6) is 0. The van der Waals surface area contributed by atoms with Crippen molar-refractivity contribution in [1.29, 1.82) is 0 Å². The van der Waals surface area contributed by atoms with Crippen LogP contribution in [-0.2, 0) is 0 Å². The highest BCUT2D eigenvalue weighted by atomic mass is 15.1. The maximum atomic E-state index is 3.25. The fourth-order valence-electron chi connectivity index (χ4n) is 1.64. The van der Waals surface area contributed by atoms with Gasteiger partial charge < -0.3 is 5.32 Å². The van der Waals surface area contributed by atoms with Gasteiger partial charge in [0.25, 0.3) is 0 Å². The van der Waals surface area contributed by atoms with Gasteiger partial charge in [-0.2, -0.15) is 0 Å². The summed E-state index contributed by atoms with van der Waals surface area (Å²) < 4.78 is 0. The zero-order valence-corrected chi connectivity index (χ0v) is 6.97. The van der Waals surface area contributed by atoms with Gasteiger partial charge in [-0.05, 0) is 31.5 Å². The highest BCUT2D eigenvalue weighted by Crippen LogP contribution is 2.08. The second kappa shape index (κ2) is 3.37. The number of likely N-dealkylation sites (tertiary alicyclic amines) is 1. The maximum Gasteiger partial charge on any atom is 0.0180 e. The Bertz CT molecular complexity index is 151. The van der Waals surface area contributed by atoms with Gasteiger partial charge in [-0.15, -0.1) is 0 Å². The molecule has 2 aliphatic heterocycles. The van der Waals surface area contributed by atoms with Crippen molar-refractivity contribution in [3.8, 4) is 0 Å². The van der Waals surface area contributed by atoms with Crippen molar-refractivity contribution in [3.05, 3.63) is 11.6 Å². The van der Waals surface area contributed by atoms with E-state index in [9.17, 15) is 0 Å². The minimum absolute atomic E-state index is 1.13. The van der Waals surface area contributed by atoms with Gasteiger partial charge in [0.15, 0.2) is 0 Å². The van der Waals surface area contributed by atoms with Crippen molar-refractivity contribution in [2.45, 2.75) is 12.8 Å². The molecule has 0 unspecified atom stereocenters. The van der Waals surface area contributed by atoms with Crippen LogP contribution in [0.5, 0.6) is 0 Å². The summed E-state index contributed by atoms with van der Waals surface area (Å²) in [7, 11) is 0. The third-order valence-electron chi connectivity index (χ3n) is 2.54. The molecule has 2 rings (SSSR count). The Balaban J connectivity index is 1.72. The Morgan fingerprint density at radius 2 is 2.00 bits per heavy atom. The van der Waals surface area contributed by atoms with Crippen LogP contribution < -0.4 is 5.32 Å². The zero-order valence-electron chi connectivity index (χ0n) is 6.97. The van der Waals surface area contributed by atoms with E-state index in [4.69, 9.17) is 0 Å². The fourth-order valence-corrected chi connectivity index (χ4v) is 1.64. The van der Waals surface area contributed by atoms with Crippen LogP contribution in [0.3, 0.4) is 0 Å². The molecule has 2 aliphatic rings. The number of hydrogen-bond acceptors (Lipinski definition) is 2. The molecule has 2 fully saturated rings. The molecule has 11 heavy (non-hydrogen) atoms. The first-order valence-corrected chi connectivity index (χ1v) is 4.56. The van der Waals surface area contributed by atoms with Gasteiger partial charge in [-0.25, -0.2) is 0 Å². The molecule has 0 atom stereocenters. The first-order valence-electron chi connectivity index (χ1n) is 4.56. The van der Waals surface area contributed by atoms with Crippen molar-refractivity contribution < 1.29 is 0 Å². The predicted octanol–water partition coefficient (Wildman–Crippen LogP) is 0.612. The van der Waals surface area contributed by atoms with Crippen molar-refractivity contribution in [3.63, 3.8) is 0 Å². The van der Waals surface area contributed by atoms with E-state index in [1.165, 1.54) is 32.5 Å². The lowest BCUT2D eigenvalue weighted by molar-refractivity contribution is 0.375. The standard InChI is InChI=1S/C9H16N2/c1-2-5-11(4-1)6-3-9-7-10-8-9/h3,10H,1-2,4-8H2. The molecule has 0 spiro atoms. The minimum atomic E-state index is 1.13. The molecular formula is C9H16N2. The molecule has 2 heteroatoms. The van der Waals surface area contributed by atoms with E-state index in [0.29, 0.717) is 0 Å². The van der Waals surface area contributed by atoms with Crippen LogP contribution in [0, 0.1) is 0 Å². The summed E-state index contributed by atoms with van der Waals surface area (Å²) in [5, 5.41) is 3.25. The first-order chi connectivity index (χ1) is 5.45. The third-order valence-corrected chi connectivity index (χ3v) is 2.54. The Morgan fingerprint density at radius 3 is 2.55 bits per heavy atom. The molecule has 0 amide bonds. The molecular weight excluding hydrogens is 136 g/mol. The van der Waals surface area contributed by atoms with Crippen molar-refractivity contribution >= 4 is 0 Å². The topological polar surface area (TPSA) is 15.3 Å². The normalized spacial score (nSPS) is 25.3. The summed E-state index contributed by atoms with van der Waals surface area (Å²) in [4.78, 5) is 2.53. The SMILES string of the molecule is C(CN1CCCC1)=C1CNC1. The van der Waals surface area contributed by atoms with Crippen LogP contribution in [0.15, 0.2) is 11.6 Å². The van der Waals surface area contributed by atoms with Gasteiger partial charge in [-0.1, -0.05) is 6.08 Å². The second-order valence-electron chi connectivity index (χ2n) is 3.47. The number of nitrogens with zero attached hydrogens (tertiary/aromatic N) is 1. The smallest absolute Gasteiger partial charge is 0.0180 e. The summed E-state index contributed by atoms with van der Waals surface area (Å²) in [6.45, 7) is 6.09. The number of hydrogen-bond donors (Lipinski definition) is 1. The summed E-state index contributed by atoms with van der Waals surface area (Å²) in [5.41, 5.74) is 1.59. The van der Waals surface area contributed by atoms with Crippen LogP contribution in [0.2, 0.25) is 0 Å². The fraction of sp³-hybridized carbons (Fsp3) is 0.778. The van der Waals surface area contributed by atoms with E-state index in [-0.39, 0.29) is 0 Å². The summed E-state index contributed by atoms with van der Waals surface area (Å²) >= 11 is 0. The van der Waals surface area contributed by atoms with Crippen LogP contribution in [0.1, 0.15) is 12.8 Å².